The van der Waals surface area contributed by atoms with Crippen molar-refractivity contribution in [3.8, 4) is 0 Å². The fourth-order valence-electron chi connectivity index (χ4n) is 0.347. The van der Waals surface area contributed by atoms with Crippen molar-refractivity contribution in [3.05, 3.63) is 10.1 Å². The Balaban J connectivity index is 0.000000810. The highest BCUT2D eigenvalue weighted by Gasteiger charge is 2.09. The molecule has 0 radical (unpaired) electrons. The van der Waals surface area contributed by atoms with Crippen LogP contribution in [0.25, 0.3) is 0 Å². The molecule has 1 rings (SSSR count). The Labute approximate surface area is 54.5 Å². The van der Waals surface area contributed by atoms with Gasteiger partial charge in [0.05, 0.1) is 0 Å². The summed E-state index contributed by atoms with van der Waals surface area (Å²) in [7, 11) is 0. The van der Waals surface area contributed by atoms with E-state index in [0.29, 0.717) is 0 Å². The fraction of sp³-hybridized carbons (Fsp3) is 0. The minimum absolute atomic E-state index is 0. The first-order chi connectivity index (χ1) is 4.20. The van der Waals surface area contributed by atoms with Gasteiger partial charge in [-0.25, -0.2) is 0 Å². The van der Waals surface area contributed by atoms with Gasteiger partial charge < -0.3 is 21.3 Å². The predicted octanol–water partition coefficient (Wildman–Crippen LogP) is -1.53. The summed E-state index contributed by atoms with van der Waals surface area (Å²) >= 11 is 0. The summed E-state index contributed by atoms with van der Waals surface area (Å²) in [5, 5.41) is 15.1. The number of aromatic nitrogens is 3. The van der Waals surface area contributed by atoms with E-state index in [1.807, 2.05) is 5.10 Å². The van der Waals surface area contributed by atoms with Gasteiger partial charge in [0.15, 0.2) is 0 Å². The van der Waals surface area contributed by atoms with Crippen LogP contribution in [0.15, 0.2) is 0 Å². The van der Waals surface area contributed by atoms with E-state index in [-0.39, 0.29) is 11.4 Å². The number of hydrogen-bond donors (Lipinski definition) is 2. The van der Waals surface area contributed by atoms with Gasteiger partial charge in [0.1, 0.15) is 0 Å². The summed E-state index contributed by atoms with van der Waals surface area (Å²) < 4.78 is 0. The Morgan fingerprint density at radius 2 is 2.30 bits per heavy atom. The lowest BCUT2D eigenvalue weighted by atomic mass is 11.0. The molecule has 0 aliphatic carbocycles. The van der Waals surface area contributed by atoms with Crippen LogP contribution in [0.3, 0.4) is 0 Å². The quantitative estimate of drug-likeness (QED) is 0.366. The molecule has 0 unspecified atom stereocenters. The average Bonchev–Trinajstić information content (AvgIpc) is 2.14. The first kappa shape index (κ1) is 8.30. The van der Waals surface area contributed by atoms with Crippen molar-refractivity contribution < 1.29 is 10.4 Å². The number of nitrogens with one attached hydrogen (secondary N) is 1. The third-order valence-corrected chi connectivity index (χ3v) is 0.664. The molecule has 1 heterocycles. The Kier molecular flexibility index (Phi) is 2.27. The molecule has 0 fully saturated rings. The van der Waals surface area contributed by atoms with Crippen molar-refractivity contribution >= 4 is 11.9 Å². The van der Waals surface area contributed by atoms with Gasteiger partial charge in [-0.2, -0.15) is 0 Å². The molecule has 0 aliphatic heterocycles. The van der Waals surface area contributed by atoms with Crippen molar-refractivity contribution in [1.29, 1.82) is 0 Å². The van der Waals surface area contributed by atoms with E-state index in [4.69, 9.17) is 5.73 Å². The second kappa shape index (κ2) is 2.73. The van der Waals surface area contributed by atoms with Crippen LogP contribution in [-0.2, 0) is 0 Å². The molecular formula is C2H5N5O3. The summed E-state index contributed by atoms with van der Waals surface area (Å²) in [6.07, 6.45) is 0. The number of aromatic amines is 1. The molecule has 8 nitrogen and oxygen atoms in total. The summed E-state index contributed by atoms with van der Waals surface area (Å²) in [6.45, 7) is 0. The maximum atomic E-state index is 9.83. The standard InChI is InChI=1S/C2H3N5O2.H2O/c3-1-4-2(6-5-1)7(8)9;/h(H3,3,4,5,6);1H2. The van der Waals surface area contributed by atoms with E-state index in [0.717, 1.165) is 0 Å². The van der Waals surface area contributed by atoms with E-state index in [2.05, 4.69) is 10.1 Å². The molecule has 56 valence electrons. The number of nitrogens with zero attached hydrogens (tertiary/aromatic N) is 3. The van der Waals surface area contributed by atoms with Crippen LogP contribution < -0.4 is 5.73 Å². The zero-order valence-electron chi connectivity index (χ0n) is 4.74. The molecule has 0 saturated heterocycles. The summed E-state index contributed by atoms with van der Waals surface area (Å²) in [6, 6.07) is 0. The first-order valence-electron chi connectivity index (χ1n) is 2.02. The molecule has 0 atom stereocenters. The number of nitro groups is 1. The van der Waals surface area contributed by atoms with Crippen molar-refractivity contribution in [2.75, 3.05) is 5.73 Å². The molecule has 0 aliphatic rings. The van der Waals surface area contributed by atoms with Crippen molar-refractivity contribution in [2.45, 2.75) is 0 Å². The summed E-state index contributed by atoms with van der Waals surface area (Å²) in [5.74, 6) is -0.561. The zero-order chi connectivity index (χ0) is 6.85. The van der Waals surface area contributed by atoms with Gasteiger partial charge >= 0.3 is 11.9 Å². The van der Waals surface area contributed by atoms with Gasteiger partial charge in [-0.05, 0) is 9.91 Å². The molecule has 8 heteroatoms. The van der Waals surface area contributed by atoms with Crippen LogP contribution in [0.5, 0.6) is 0 Å². The molecule has 1 aromatic heterocycles. The number of nitrogens with two attached hydrogens (primary N) is 1. The highest BCUT2D eigenvalue weighted by molar-refractivity contribution is 5.18. The lowest BCUT2D eigenvalue weighted by Gasteiger charge is -1.82. The third-order valence-electron chi connectivity index (χ3n) is 0.664. The SMILES string of the molecule is Nc1n[nH]c([N+](=O)[O-])n1.O. The minimum atomic E-state index is -0.705. The van der Waals surface area contributed by atoms with E-state index in [1.54, 1.807) is 0 Å². The molecule has 1 aromatic rings. The number of hydrogen-bond acceptors (Lipinski definition) is 5. The van der Waals surface area contributed by atoms with Gasteiger partial charge in [-0.1, -0.05) is 5.10 Å². The summed E-state index contributed by atoms with van der Waals surface area (Å²) in [4.78, 5) is 12.3. The molecule has 0 bridgehead atoms. The molecular weight excluding hydrogens is 142 g/mol. The van der Waals surface area contributed by atoms with Crippen LogP contribution >= 0.6 is 0 Å². The molecule has 0 saturated carbocycles. The largest absolute Gasteiger partial charge is 0.455 e. The normalized spacial score (nSPS) is 8.40. The van der Waals surface area contributed by atoms with Crippen LogP contribution in [0.2, 0.25) is 0 Å². The topological polar surface area (TPSA) is 142 Å². The smallest absolute Gasteiger partial charge is 0.412 e. The molecule has 10 heavy (non-hydrogen) atoms. The van der Waals surface area contributed by atoms with Crippen LogP contribution in [0, 0.1) is 10.1 Å². The van der Waals surface area contributed by atoms with Gasteiger partial charge in [0.2, 0.25) is 0 Å². The average molecular weight is 147 g/mol. The minimum Gasteiger partial charge on any atom is -0.412 e. The van der Waals surface area contributed by atoms with Crippen LogP contribution in [-0.4, -0.2) is 25.6 Å². The number of anilines is 1. The molecule has 0 amide bonds. The van der Waals surface area contributed by atoms with Crippen molar-refractivity contribution in [2.24, 2.45) is 0 Å². The fourth-order valence-corrected chi connectivity index (χ4v) is 0.347. The number of nitrogen functional groups attached to an aromatic ring is 1. The van der Waals surface area contributed by atoms with E-state index in [9.17, 15) is 10.1 Å². The van der Waals surface area contributed by atoms with Gasteiger partial charge in [-0.3, -0.25) is 0 Å². The van der Waals surface area contributed by atoms with Gasteiger partial charge in [0, 0.05) is 0 Å². The van der Waals surface area contributed by atoms with Gasteiger partial charge in [0.25, 0.3) is 0 Å². The number of rotatable bonds is 1. The monoisotopic (exact) mass is 147 g/mol. The van der Waals surface area contributed by atoms with E-state index in [1.165, 1.54) is 0 Å². The Morgan fingerprint density at radius 3 is 2.50 bits per heavy atom. The van der Waals surface area contributed by atoms with E-state index < -0.39 is 10.9 Å². The second-order valence-electron chi connectivity index (χ2n) is 1.27. The third kappa shape index (κ3) is 1.39. The maximum absolute atomic E-state index is 9.83. The predicted molar refractivity (Wildman–Crippen MR) is 31.1 cm³/mol. The van der Waals surface area contributed by atoms with Crippen LogP contribution in [0.1, 0.15) is 0 Å². The Bertz CT molecular complexity index is 231. The molecule has 0 aromatic carbocycles. The van der Waals surface area contributed by atoms with Crippen LogP contribution in [0.4, 0.5) is 11.9 Å². The summed E-state index contributed by atoms with van der Waals surface area (Å²) in [5.41, 5.74) is 4.96. The Morgan fingerprint density at radius 1 is 1.70 bits per heavy atom. The second-order valence-corrected chi connectivity index (χ2v) is 1.27. The number of H-pyrrole nitrogens is 1. The highest BCUT2D eigenvalue weighted by atomic mass is 16.6. The maximum Gasteiger partial charge on any atom is 0.455 e. The van der Waals surface area contributed by atoms with Crippen molar-refractivity contribution in [1.82, 2.24) is 15.2 Å². The molecule has 0 spiro atoms. The lowest BCUT2D eigenvalue weighted by Crippen LogP contribution is -1.90. The molecule has 5 N–H and O–H groups in total. The van der Waals surface area contributed by atoms with Crippen molar-refractivity contribution in [3.63, 3.8) is 0 Å². The Hall–Kier alpha value is -1.70. The lowest BCUT2D eigenvalue weighted by molar-refractivity contribution is -0.394. The highest BCUT2D eigenvalue weighted by Crippen LogP contribution is 2.00. The van der Waals surface area contributed by atoms with E-state index >= 15 is 0 Å². The zero-order valence-corrected chi connectivity index (χ0v) is 4.74. The van der Waals surface area contributed by atoms with Gasteiger partial charge in [-0.15, -0.1) is 5.10 Å². The first-order valence-corrected chi connectivity index (χ1v) is 2.02.